The van der Waals surface area contributed by atoms with E-state index in [1.807, 2.05) is 0 Å². The summed E-state index contributed by atoms with van der Waals surface area (Å²) in [5.41, 5.74) is 0.921. The van der Waals surface area contributed by atoms with Crippen molar-refractivity contribution in [2.75, 3.05) is 0 Å². The van der Waals surface area contributed by atoms with Crippen molar-refractivity contribution in [2.45, 2.75) is 13.5 Å². The summed E-state index contributed by atoms with van der Waals surface area (Å²) in [6.45, 7) is 1.71. The Morgan fingerprint density at radius 3 is 2.60 bits per heavy atom. The van der Waals surface area contributed by atoms with Gasteiger partial charge in [0.2, 0.25) is 5.82 Å². The van der Waals surface area contributed by atoms with E-state index in [-0.39, 0.29) is 12.4 Å². The third-order valence-corrected chi connectivity index (χ3v) is 2.77. The molecule has 104 valence electrons. The zero-order valence-corrected chi connectivity index (χ0v) is 10.7. The number of benzene rings is 2. The second kappa shape index (κ2) is 5.66. The van der Waals surface area contributed by atoms with Crippen LogP contribution in [-0.4, -0.2) is 10.0 Å². The van der Waals surface area contributed by atoms with E-state index >= 15 is 0 Å². The lowest BCUT2D eigenvalue weighted by Crippen LogP contribution is -1.94. The molecule has 0 aliphatic carbocycles. The van der Waals surface area contributed by atoms with E-state index in [9.17, 15) is 14.5 Å². The summed E-state index contributed by atoms with van der Waals surface area (Å²) < 4.78 is 18.9. The summed E-state index contributed by atoms with van der Waals surface area (Å²) in [7, 11) is 0. The van der Waals surface area contributed by atoms with Gasteiger partial charge in [-0.15, -0.1) is 0 Å². The number of aliphatic hydroxyl groups excluding tert-OH is 1. The molecule has 0 aliphatic heterocycles. The van der Waals surface area contributed by atoms with E-state index in [1.165, 1.54) is 6.07 Å². The molecule has 0 atom stereocenters. The van der Waals surface area contributed by atoms with Gasteiger partial charge in [-0.05, 0) is 30.2 Å². The van der Waals surface area contributed by atoms with Gasteiger partial charge in [0.15, 0.2) is 0 Å². The van der Waals surface area contributed by atoms with Crippen LogP contribution in [-0.2, 0) is 6.61 Å². The van der Waals surface area contributed by atoms with Gasteiger partial charge >= 0.3 is 5.69 Å². The zero-order valence-electron chi connectivity index (χ0n) is 10.7. The molecule has 0 saturated carbocycles. The number of nitro groups is 1. The molecule has 0 heterocycles. The van der Waals surface area contributed by atoms with Gasteiger partial charge in [0, 0.05) is 12.1 Å². The number of halogens is 1. The van der Waals surface area contributed by atoms with Crippen molar-refractivity contribution in [3.63, 3.8) is 0 Å². The maximum atomic E-state index is 13.5. The summed E-state index contributed by atoms with van der Waals surface area (Å²) in [5, 5.41) is 19.5. The number of ether oxygens (including phenoxy) is 1. The number of hydrogen-bond donors (Lipinski definition) is 1. The minimum atomic E-state index is -0.947. The van der Waals surface area contributed by atoms with Crippen molar-refractivity contribution in [2.24, 2.45) is 0 Å². The standard InChI is InChI=1S/C14H12FNO4/c1-9-6-10(8-17)2-5-14(9)20-11-3-4-13(16(18)19)12(15)7-11/h2-7,17H,8H2,1H3. The van der Waals surface area contributed by atoms with Gasteiger partial charge in [-0.1, -0.05) is 12.1 Å². The summed E-state index contributed by atoms with van der Waals surface area (Å²) >= 11 is 0. The first-order valence-electron chi connectivity index (χ1n) is 5.83. The quantitative estimate of drug-likeness (QED) is 0.687. The van der Waals surface area contributed by atoms with Crippen LogP contribution in [0.5, 0.6) is 11.5 Å². The molecule has 0 aromatic heterocycles. The molecule has 20 heavy (non-hydrogen) atoms. The van der Waals surface area contributed by atoms with E-state index in [1.54, 1.807) is 25.1 Å². The Hall–Kier alpha value is -2.47. The highest BCUT2D eigenvalue weighted by Crippen LogP contribution is 2.29. The number of nitrogens with zero attached hydrogens (tertiary/aromatic N) is 1. The molecule has 0 amide bonds. The fraction of sp³-hybridized carbons (Fsp3) is 0.143. The monoisotopic (exact) mass is 277 g/mol. The Balaban J connectivity index is 2.26. The Bertz CT molecular complexity index is 658. The Morgan fingerprint density at radius 2 is 2.05 bits per heavy atom. The van der Waals surface area contributed by atoms with Gasteiger partial charge in [0.05, 0.1) is 11.5 Å². The summed E-state index contributed by atoms with van der Waals surface area (Å²) in [6, 6.07) is 8.45. The number of aryl methyl sites for hydroxylation is 1. The normalized spacial score (nSPS) is 10.3. The van der Waals surface area contributed by atoms with Crippen LogP contribution in [0.4, 0.5) is 10.1 Å². The van der Waals surface area contributed by atoms with E-state index in [4.69, 9.17) is 9.84 Å². The predicted octanol–water partition coefficient (Wildman–Crippen LogP) is 3.33. The van der Waals surface area contributed by atoms with Crippen LogP contribution in [0.1, 0.15) is 11.1 Å². The molecule has 1 N–H and O–H groups in total. The maximum Gasteiger partial charge on any atom is 0.305 e. The molecule has 2 rings (SSSR count). The summed E-state index contributed by atoms with van der Waals surface area (Å²) in [4.78, 5) is 9.73. The molecule has 2 aromatic carbocycles. The van der Waals surface area contributed by atoms with Crippen LogP contribution < -0.4 is 4.74 Å². The molecular formula is C14H12FNO4. The average Bonchev–Trinajstić information content (AvgIpc) is 2.40. The second-order valence-electron chi connectivity index (χ2n) is 4.23. The number of aliphatic hydroxyl groups is 1. The van der Waals surface area contributed by atoms with Gasteiger partial charge in [-0.25, -0.2) is 0 Å². The zero-order chi connectivity index (χ0) is 14.7. The van der Waals surface area contributed by atoms with Crippen LogP contribution >= 0.6 is 0 Å². The van der Waals surface area contributed by atoms with Crippen LogP contribution in [0.15, 0.2) is 36.4 Å². The fourth-order valence-electron chi connectivity index (χ4n) is 1.75. The molecule has 0 unspecified atom stereocenters. The molecule has 0 bridgehead atoms. The minimum absolute atomic E-state index is 0.0761. The Kier molecular flexibility index (Phi) is 3.95. The predicted molar refractivity (Wildman–Crippen MR) is 70.2 cm³/mol. The van der Waals surface area contributed by atoms with Crippen molar-refractivity contribution in [3.05, 3.63) is 63.5 Å². The molecule has 2 aromatic rings. The number of nitro benzene ring substituents is 1. The van der Waals surface area contributed by atoms with Gasteiger partial charge in [-0.3, -0.25) is 10.1 Å². The molecule has 0 spiro atoms. The van der Waals surface area contributed by atoms with Gasteiger partial charge in [-0.2, -0.15) is 4.39 Å². The second-order valence-corrected chi connectivity index (χ2v) is 4.23. The van der Waals surface area contributed by atoms with Crippen molar-refractivity contribution < 1.29 is 19.2 Å². The average molecular weight is 277 g/mol. The summed E-state index contributed by atoms with van der Waals surface area (Å²) in [6.07, 6.45) is 0. The smallest absolute Gasteiger partial charge is 0.305 e. The third kappa shape index (κ3) is 2.92. The lowest BCUT2D eigenvalue weighted by atomic mass is 10.1. The maximum absolute atomic E-state index is 13.5. The number of rotatable bonds is 4. The third-order valence-electron chi connectivity index (χ3n) is 2.77. The van der Waals surface area contributed by atoms with Gasteiger partial charge < -0.3 is 9.84 Å². The molecule has 6 heteroatoms. The molecule has 5 nitrogen and oxygen atoms in total. The SMILES string of the molecule is Cc1cc(CO)ccc1Oc1ccc([N+](=O)[O-])c(F)c1. The largest absolute Gasteiger partial charge is 0.457 e. The minimum Gasteiger partial charge on any atom is -0.457 e. The first kappa shape index (κ1) is 14.0. The topological polar surface area (TPSA) is 72.6 Å². The van der Waals surface area contributed by atoms with Crippen molar-refractivity contribution in [1.82, 2.24) is 0 Å². The van der Waals surface area contributed by atoms with Crippen LogP contribution in [0, 0.1) is 22.9 Å². The highest BCUT2D eigenvalue weighted by Gasteiger charge is 2.14. The van der Waals surface area contributed by atoms with Crippen molar-refractivity contribution in [3.8, 4) is 11.5 Å². The van der Waals surface area contributed by atoms with E-state index < -0.39 is 16.4 Å². The molecule has 0 fully saturated rings. The Labute approximate surface area is 114 Å². The Morgan fingerprint density at radius 1 is 1.30 bits per heavy atom. The van der Waals surface area contributed by atoms with Crippen LogP contribution in [0.3, 0.4) is 0 Å². The highest BCUT2D eigenvalue weighted by atomic mass is 19.1. The first-order valence-corrected chi connectivity index (χ1v) is 5.83. The summed E-state index contributed by atoms with van der Waals surface area (Å²) in [5.74, 6) is -0.277. The van der Waals surface area contributed by atoms with E-state index in [2.05, 4.69) is 0 Å². The molecule has 0 radical (unpaired) electrons. The van der Waals surface area contributed by atoms with Gasteiger partial charge in [0.25, 0.3) is 0 Å². The number of hydrogen-bond acceptors (Lipinski definition) is 4. The van der Waals surface area contributed by atoms with Crippen LogP contribution in [0.25, 0.3) is 0 Å². The lowest BCUT2D eigenvalue weighted by molar-refractivity contribution is -0.387. The molecule has 0 saturated heterocycles. The van der Waals surface area contributed by atoms with Crippen LogP contribution in [0.2, 0.25) is 0 Å². The van der Waals surface area contributed by atoms with E-state index in [0.29, 0.717) is 5.75 Å². The lowest BCUT2D eigenvalue weighted by Gasteiger charge is -2.09. The first-order chi connectivity index (χ1) is 9.51. The molecular weight excluding hydrogens is 265 g/mol. The van der Waals surface area contributed by atoms with E-state index in [0.717, 1.165) is 23.3 Å². The van der Waals surface area contributed by atoms with Gasteiger partial charge in [0.1, 0.15) is 11.5 Å². The fourth-order valence-corrected chi connectivity index (χ4v) is 1.75. The molecule has 0 aliphatic rings. The highest BCUT2D eigenvalue weighted by molar-refractivity contribution is 5.43. The van der Waals surface area contributed by atoms with Crippen molar-refractivity contribution >= 4 is 5.69 Å². The van der Waals surface area contributed by atoms with Crippen molar-refractivity contribution in [1.29, 1.82) is 0 Å².